The molecule has 104 valence electrons. The number of carbonyl (C=O) groups excluding carboxylic acids is 1. The van der Waals surface area contributed by atoms with Gasteiger partial charge in [-0.15, -0.1) is 0 Å². The monoisotopic (exact) mass is 274 g/mol. The standard InChI is InChI=1S/C13H14N4O3/c1-7-4-10(6-11(5-7)17(19)20)13(18)14-12-8(2)9(3)15-16-12/h4-6H,1-3H3,(H2,14,15,16,18). The van der Waals surface area contributed by atoms with Crippen molar-refractivity contribution in [2.75, 3.05) is 5.32 Å². The summed E-state index contributed by atoms with van der Waals surface area (Å²) in [7, 11) is 0. The number of nitro benzene ring substituents is 1. The first-order chi connectivity index (χ1) is 9.38. The minimum atomic E-state index is -0.520. The summed E-state index contributed by atoms with van der Waals surface area (Å²) in [4.78, 5) is 22.4. The zero-order chi connectivity index (χ0) is 14.9. The third kappa shape index (κ3) is 2.66. The summed E-state index contributed by atoms with van der Waals surface area (Å²) in [5, 5.41) is 20.2. The number of aromatic nitrogens is 2. The molecule has 0 fully saturated rings. The largest absolute Gasteiger partial charge is 0.305 e. The van der Waals surface area contributed by atoms with Gasteiger partial charge in [-0.05, 0) is 32.4 Å². The highest BCUT2D eigenvalue weighted by molar-refractivity contribution is 6.04. The molecule has 0 aliphatic carbocycles. The number of hydrogen-bond donors (Lipinski definition) is 2. The number of carbonyl (C=O) groups is 1. The first kappa shape index (κ1) is 13.7. The maximum Gasteiger partial charge on any atom is 0.270 e. The van der Waals surface area contributed by atoms with Gasteiger partial charge in [0.1, 0.15) is 0 Å². The third-order valence-electron chi connectivity index (χ3n) is 3.02. The zero-order valence-electron chi connectivity index (χ0n) is 11.4. The van der Waals surface area contributed by atoms with E-state index in [0.29, 0.717) is 11.4 Å². The zero-order valence-corrected chi connectivity index (χ0v) is 11.4. The lowest BCUT2D eigenvalue weighted by molar-refractivity contribution is -0.384. The van der Waals surface area contributed by atoms with Crippen LogP contribution in [0.15, 0.2) is 18.2 Å². The lowest BCUT2D eigenvalue weighted by atomic mass is 10.1. The van der Waals surface area contributed by atoms with Gasteiger partial charge >= 0.3 is 0 Å². The van der Waals surface area contributed by atoms with E-state index >= 15 is 0 Å². The number of H-pyrrole nitrogens is 1. The molecule has 20 heavy (non-hydrogen) atoms. The predicted molar refractivity (Wildman–Crippen MR) is 73.8 cm³/mol. The highest BCUT2D eigenvalue weighted by Gasteiger charge is 2.15. The van der Waals surface area contributed by atoms with Crippen LogP contribution in [0.4, 0.5) is 11.5 Å². The highest BCUT2D eigenvalue weighted by atomic mass is 16.6. The fraction of sp³-hybridized carbons (Fsp3) is 0.231. The highest BCUT2D eigenvalue weighted by Crippen LogP contribution is 2.19. The molecule has 0 saturated heterocycles. The van der Waals surface area contributed by atoms with E-state index < -0.39 is 10.8 Å². The molecule has 1 heterocycles. The summed E-state index contributed by atoms with van der Waals surface area (Å²) in [6, 6.07) is 4.26. The Kier molecular flexibility index (Phi) is 3.51. The Morgan fingerprint density at radius 1 is 1.30 bits per heavy atom. The van der Waals surface area contributed by atoms with Crippen LogP contribution in [0.3, 0.4) is 0 Å². The Balaban J connectivity index is 2.30. The average Bonchev–Trinajstić information content (AvgIpc) is 2.70. The van der Waals surface area contributed by atoms with Gasteiger partial charge in [0.15, 0.2) is 5.82 Å². The fourth-order valence-electron chi connectivity index (χ4n) is 1.79. The van der Waals surface area contributed by atoms with Gasteiger partial charge in [0, 0.05) is 29.0 Å². The van der Waals surface area contributed by atoms with Crippen LogP contribution in [0.1, 0.15) is 27.2 Å². The molecule has 2 rings (SSSR count). The van der Waals surface area contributed by atoms with Gasteiger partial charge in [-0.3, -0.25) is 20.0 Å². The Hall–Kier alpha value is -2.70. The SMILES string of the molecule is Cc1cc(C(=O)Nc2n[nH]c(C)c2C)cc([N+](=O)[O-])c1. The number of rotatable bonds is 3. The van der Waals surface area contributed by atoms with Gasteiger partial charge in [0.05, 0.1) is 4.92 Å². The van der Waals surface area contributed by atoms with Gasteiger partial charge in [0.25, 0.3) is 11.6 Å². The van der Waals surface area contributed by atoms with Crippen molar-refractivity contribution in [3.8, 4) is 0 Å². The number of non-ortho nitro benzene ring substituents is 1. The molecule has 1 aromatic carbocycles. The van der Waals surface area contributed by atoms with E-state index in [-0.39, 0.29) is 11.3 Å². The molecular weight excluding hydrogens is 260 g/mol. The van der Waals surface area contributed by atoms with E-state index in [1.807, 2.05) is 13.8 Å². The van der Waals surface area contributed by atoms with E-state index in [1.54, 1.807) is 13.0 Å². The number of aromatic amines is 1. The van der Waals surface area contributed by atoms with E-state index in [0.717, 1.165) is 11.3 Å². The minimum absolute atomic E-state index is 0.106. The van der Waals surface area contributed by atoms with E-state index in [2.05, 4.69) is 15.5 Å². The second kappa shape index (κ2) is 5.12. The number of nitrogens with zero attached hydrogens (tertiary/aromatic N) is 2. The van der Waals surface area contributed by atoms with Gasteiger partial charge < -0.3 is 5.32 Å². The van der Waals surface area contributed by atoms with Crippen molar-refractivity contribution in [2.24, 2.45) is 0 Å². The summed E-state index contributed by atoms with van der Waals surface area (Å²) >= 11 is 0. The first-order valence-electron chi connectivity index (χ1n) is 5.97. The van der Waals surface area contributed by atoms with Crippen molar-refractivity contribution in [3.63, 3.8) is 0 Å². The first-order valence-corrected chi connectivity index (χ1v) is 5.97. The summed E-state index contributed by atoms with van der Waals surface area (Å²) in [6.07, 6.45) is 0. The quantitative estimate of drug-likeness (QED) is 0.663. The lowest BCUT2D eigenvalue weighted by Gasteiger charge is -2.04. The molecule has 0 atom stereocenters. The van der Waals surface area contributed by atoms with Gasteiger partial charge in [-0.2, -0.15) is 5.10 Å². The molecule has 1 amide bonds. The summed E-state index contributed by atoms with van der Waals surface area (Å²) in [6.45, 7) is 5.37. The number of anilines is 1. The molecule has 0 unspecified atom stereocenters. The Labute approximate surface area is 115 Å². The maximum absolute atomic E-state index is 12.1. The minimum Gasteiger partial charge on any atom is -0.305 e. The van der Waals surface area contributed by atoms with Crippen molar-refractivity contribution in [3.05, 3.63) is 50.7 Å². The summed E-state index contributed by atoms with van der Waals surface area (Å²) < 4.78 is 0. The van der Waals surface area contributed by atoms with Crippen molar-refractivity contribution < 1.29 is 9.72 Å². The van der Waals surface area contributed by atoms with Crippen LogP contribution in [0, 0.1) is 30.9 Å². The van der Waals surface area contributed by atoms with Crippen molar-refractivity contribution in [1.29, 1.82) is 0 Å². The summed E-state index contributed by atoms with van der Waals surface area (Å²) in [5.41, 5.74) is 2.47. The molecule has 0 aliphatic heterocycles. The van der Waals surface area contributed by atoms with Crippen LogP contribution in [-0.4, -0.2) is 21.0 Å². The second-order valence-electron chi connectivity index (χ2n) is 4.59. The molecule has 7 heteroatoms. The van der Waals surface area contributed by atoms with Crippen molar-refractivity contribution in [1.82, 2.24) is 10.2 Å². The van der Waals surface area contributed by atoms with Crippen LogP contribution in [0.5, 0.6) is 0 Å². The average molecular weight is 274 g/mol. The predicted octanol–water partition coefficient (Wildman–Crippen LogP) is 2.50. The third-order valence-corrected chi connectivity index (χ3v) is 3.02. The molecule has 2 aromatic rings. The lowest BCUT2D eigenvalue weighted by Crippen LogP contribution is -2.13. The Morgan fingerprint density at radius 3 is 2.55 bits per heavy atom. The van der Waals surface area contributed by atoms with E-state index in [1.165, 1.54) is 12.1 Å². The van der Waals surface area contributed by atoms with Crippen LogP contribution in [0.25, 0.3) is 0 Å². The van der Waals surface area contributed by atoms with Crippen molar-refractivity contribution >= 4 is 17.4 Å². The molecule has 0 saturated carbocycles. The Bertz CT molecular complexity index is 691. The number of nitrogens with one attached hydrogen (secondary N) is 2. The number of hydrogen-bond acceptors (Lipinski definition) is 4. The Morgan fingerprint density at radius 2 is 2.00 bits per heavy atom. The van der Waals surface area contributed by atoms with Crippen LogP contribution >= 0.6 is 0 Å². The normalized spacial score (nSPS) is 10.3. The molecular formula is C13H14N4O3. The topological polar surface area (TPSA) is 101 Å². The van der Waals surface area contributed by atoms with Gasteiger partial charge in [0.2, 0.25) is 0 Å². The van der Waals surface area contributed by atoms with Gasteiger partial charge in [-0.1, -0.05) is 0 Å². The molecule has 0 spiro atoms. The number of aryl methyl sites for hydroxylation is 2. The molecule has 0 radical (unpaired) electrons. The molecule has 0 bridgehead atoms. The molecule has 1 aromatic heterocycles. The van der Waals surface area contributed by atoms with E-state index in [4.69, 9.17) is 0 Å². The smallest absolute Gasteiger partial charge is 0.270 e. The molecule has 7 nitrogen and oxygen atoms in total. The van der Waals surface area contributed by atoms with Crippen LogP contribution in [-0.2, 0) is 0 Å². The van der Waals surface area contributed by atoms with Crippen LogP contribution in [0.2, 0.25) is 0 Å². The number of amides is 1. The molecule has 0 aliphatic rings. The number of nitro groups is 1. The summed E-state index contributed by atoms with van der Waals surface area (Å²) in [5.74, 6) is 0.00283. The van der Waals surface area contributed by atoms with E-state index in [9.17, 15) is 14.9 Å². The second-order valence-corrected chi connectivity index (χ2v) is 4.59. The van der Waals surface area contributed by atoms with Crippen LogP contribution < -0.4 is 5.32 Å². The fourth-order valence-corrected chi connectivity index (χ4v) is 1.79. The van der Waals surface area contributed by atoms with Gasteiger partial charge in [-0.25, -0.2) is 0 Å². The van der Waals surface area contributed by atoms with Crippen molar-refractivity contribution in [2.45, 2.75) is 20.8 Å². The molecule has 2 N–H and O–H groups in total. The number of benzene rings is 1. The maximum atomic E-state index is 12.1.